The fourth-order valence-electron chi connectivity index (χ4n) is 2.64. The minimum absolute atomic E-state index is 0.0353. The van der Waals surface area contributed by atoms with Gasteiger partial charge in [0.2, 0.25) is 5.91 Å². The first-order chi connectivity index (χ1) is 10.6. The molecular formula is C17H21N3OS. The third-order valence-electron chi connectivity index (χ3n) is 3.98. The highest BCUT2D eigenvalue weighted by atomic mass is 32.1. The van der Waals surface area contributed by atoms with Crippen LogP contribution in [-0.4, -0.2) is 23.5 Å². The SMILES string of the molecule is Cc1ccc(Cc2sc(NC(=O)C3CCCN3)nc2C)cc1. The van der Waals surface area contributed by atoms with Crippen molar-refractivity contribution in [3.63, 3.8) is 0 Å². The van der Waals surface area contributed by atoms with Crippen LogP contribution in [0.1, 0.15) is 34.5 Å². The Balaban J connectivity index is 1.67. The molecule has 1 atom stereocenters. The highest BCUT2D eigenvalue weighted by molar-refractivity contribution is 7.15. The number of aromatic nitrogens is 1. The van der Waals surface area contributed by atoms with Crippen molar-refractivity contribution >= 4 is 22.4 Å². The van der Waals surface area contributed by atoms with Crippen molar-refractivity contribution in [3.8, 4) is 0 Å². The molecule has 0 bridgehead atoms. The van der Waals surface area contributed by atoms with Gasteiger partial charge in [0.05, 0.1) is 11.7 Å². The normalized spacial score (nSPS) is 17.6. The van der Waals surface area contributed by atoms with Gasteiger partial charge in [-0.25, -0.2) is 4.98 Å². The van der Waals surface area contributed by atoms with Gasteiger partial charge in [0, 0.05) is 11.3 Å². The molecule has 4 nitrogen and oxygen atoms in total. The van der Waals surface area contributed by atoms with Gasteiger partial charge in [-0.3, -0.25) is 4.79 Å². The van der Waals surface area contributed by atoms with E-state index in [-0.39, 0.29) is 11.9 Å². The highest BCUT2D eigenvalue weighted by Gasteiger charge is 2.23. The maximum Gasteiger partial charge on any atom is 0.243 e. The summed E-state index contributed by atoms with van der Waals surface area (Å²) < 4.78 is 0. The minimum Gasteiger partial charge on any atom is -0.306 e. The fraction of sp³-hybridized carbons (Fsp3) is 0.412. The standard InChI is InChI=1S/C17H21N3OS/c1-11-5-7-13(8-6-11)10-15-12(2)19-17(22-15)20-16(21)14-4-3-9-18-14/h5-8,14,18H,3-4,9-10H2,1-2H3,(H,19,20,21). The van der Waals surface area contributed by atoms with Crippen LogP contribution in [-0.2, 0) is 11.2 Å². The van der Waals surface area contributed by atoms with Gasteiger partial charge in [-0.2, -0.15) is 0 Å². The molecule has 1 aliphatic rings. The maximum atomic E-state index is 12.1. The highest BCUT2D eigenvalue weighted by Crippen LogP contribution is 2.25. The van der Waals surface area contributed by atoms with E-state index in [1.807, 2.05) is 6.92 Å². The summed E-state index contributed by atoms with van der Waals surface area (Å²) >= 11 is 1.57. The Bertz CT molecular complexity index is 657. The van der Waals surface area contributed by atoms with Crippen LogP contribution in [0.3, 0.4) is 0 Å². The molecule has 0 aliphatic carbocycles. The monoisotopic (exact) mass is 315 g/mol. The number of nitrogens with one attached hydrogen (secondary N) is 2. The topological polar surface area (TPSA) is 54.0 Å². The van der Waals surface area contributed by atoms with E-state index < -0.39 is 0 Å². The second kappa shape index (κ2) is 6.58. The molecule has 0 spiro atoms. The molecule has 1 aromatic heterocycles. The Morgan fingerprint density at radius 1 is 1.36 bits per heavy atom. The molecule has 1 unspecified atom stereocenters. The van der Waals surface area contributed by atoms with E-state index in [0.29, 0.717) is 5.13 Å². The van der Waals surface area contributed by atoms with Gasteiger partial charge in [0.25, 0.3) is 0 Å². The Labute approximate surface area is 135 Å². The number of hydrogen-bond donors (Lipinski definition) is 2. The summed E-state index contributed by atoms with van der Waals surface area (Å²) in [4.78, 5) is 17.8. The fourth-order valence-corrected chi connectivity index (χ4v) is 3.64. The third-order valence-corrected chi connectivity index (χ3v) is 5.06. The molecule has 1 fully saturated rings. The number of rotatable bonds is 4. The summed E-state index contributed by atoms with van der Waals surface area (Å²) in [6.45, 7) is 5.02. The van der Waals surface area contributed by atoms with Crippen LogP contribution in [0.25, 0.3) is 0 Å². The average Bonchev–Trinajstić information content (AvgIpc) is 3.12. The van der Waals surface area contributed by atoms with E-state index >= 15 is 0 Å². The molecule has 1 aromatic carbocycles. The Kier molecular flexibility index (Phi) is 4.55. The zero-order valence-electron chi connectivity index (χ0n) is 13.0. The second-order valence-electron chi connectivity index (χ2n) is 5.83. The number of benzene rings is 1. The van der Waals surface area contributed by atoms with Crippen molar-refractivity contribution in [2.45, 2.75) is 39.2 Å². The predicted molar refractivity (Wildman–Crippen MR) is 90.5 cm³/mol. The van der Waals surface area contributed by atoms with Gasteiger partial charge in [0.15, 0.2) is 5.13 Å². The number of hydrogen-bond acceptors (Lipinski definition) is 4. The molecule has 2 heterocycles. The molecule has 2 aromatic rings. The molecule has 0 radical (unpaired) electrons. The molecule has 1 amide bonds. The molecule has 5 heteroatoms. The van der Waals surface area contributed by atoms with E-state index in [1.54, 1.807) is 11.3 Å². The summed E-state index contributed by atoms with van der Waals surface area (Å²) in [5.74, 6) is 0.0353. The molecule has 3 rings (SSSR count). The predicted octanol–water partition coefficient (Wildman–Crippen LogP) is 3.04. The summed E-state index contributed by atoms with van der Waals surface area (Å²) in [5.41, 5.74) is 3.54. The third kappa shape index (κ3) is 3.54. The van der Waals surface area contributed by atoms with E-state index in [0.717, 1.165) is 31.5 Å². The Hall–Kier alpha value is -1.72. The van der Waals surface area contributed by atoms with E-state index in [1.165, 1.54) is 16.0 Å². The number of thiazole rings is 1. The number of nitrogens with zero attached hydrogens (tertiary/aromatic N) is 1. The molecular weight excluding hydrogens is 294 g/mol. The van der Waals surface area contributed by atoms with Gasteiger partial charge in [-0.1, -0.05) is 29.8 Å². The van der Waals surface area contributed by atoms with Gasteiger partial charge in [0.1, 0.15) is 0 Å². The van der Waals surface area contributed by atoms with Crippen LogP contribution in [0.5, 0.6) is 0 Å². The molecule has 1 saturated heterocycles. The van der Waals surface area contributed by atoms with Crippen molar-refractivity contribution in [3.05, 3.63) is 46.0 Å². The lowest BCUT2D eigenvalue weighted by Crippen LogP contribution is -2.35. The molecule has 0 saturated carbocycles. The van der Waals surface area contributed by atoms with Crippen molar-refractivity contribution in [1.82, 2.24) is 10.3 Å². The molecule has 116 valence electrons. The maximum absolute atomic E-state index is 12.1. The zero-order valence-corrected chi connectivity index (χ0v) is 13.8. The molecule has 1 aliphatic heterocycles. The van der Waals surface area contributed by atoms with Crippen LogP contribution in [0.15, 0.2) is 24.3 Å². The van der Waals surface area contributed by atoms with E-state index in [2.05, 4.69) is 46.8 Å². The number of carbonyl (C=O) groups excluding carboxylic acids is 1. The zero-order chi connectivity index (χ0) is 15.5. The quantitative estimate of drug-likeness (QED) is 0.912. The van der Waals surface area contributed by atoms with Gasteiger partial charge >= 0.3 is 0 Å². The average molecular weight is 315 g/mol. The summed E-state index contributed by atoms with van der Waals surface area (Å²) in [6.07, 6.45) is 2.83. The second-order valence-corrected chi connectivity index (χ2v) is 6.91. The molecule has 2 N–H and O–H groups in total. The lowest BCUT2D eigenvalue weighted by atomic mass is 10.1. The van der Waals surface area contributed by atoms with E-state index in [4.69, 9.17) is 0 Å². The van der Waals surface area contributed by atoms with Gasteiger partial charge < -0.3 is 10.6 Å². The smallest absolute Gasteiger partial charge is 0.243 e. The van der Waals surface area contributed by atoms with Crippen molar-refractivity contribution < 1.29 is 4.79 Å². The number of anilines is 1. The van der Waals surface area contributed by atoms with Crippen molar-refractivity contribution in [1.29, 1.82) is 0 Å². The van der Waals surface area contributed by atoms with Crippen LogP contribution in [0.4, 0.5) is 5.13 Å². The largest absolute Gasteiger partial charge is 0.306 e. The first kappa shape index (κ1) is 15.2. The number of carbonyl (C=O) groups is 1. The van der Waals surface area contributed by atoms with Crippen LogP contribution >= 0.6 is 11.3 Å². The van der Waals surface area contributed by atoms with Crippen LogP contribution in [0, 0.1) is 13.8 Å². The van der Waals surface area contributed by atoms with Crippen molar-refractivity contribution in [2.75, 3.05) is 11.9 Å². The summed E-state index contributed by atoms with van der Waals surface area (Å²) in [7, 11) is 0. The number of amides is 1. The Morgan fingerprint density at radius 3 is 2.82 bits per heavy atom. The van der Waals surface area contributed by atoms with Crippen LogP contribution < -0.4 is 10.6 Å². The van der Waals surface area contributed by atoms with Crippen LogP contribution in [0.2, 0.25) is 0 Å². The van der Waals surface area contributed by atoms with Gasteiger partial charge in [-0.15, -0.1) is 11.3 Å². The summed E-state index contributed by atoms with van der Waals surface area (Å²) in [6, 6.07) is 8.48. The van der Waals surface area contributed by atoms with E-state index in [9.17, 15) is 4.79 Å². The first-order valence-corrected chi connectivity index (χ1v) is 8.49. The summed E-state index contributed by atoms with van der Waals surface area (Å²) in [5, 5.41) is 6.86. The Morgan fingerprint density at radius 2 is 2.14 bits per heavy atom. The molecule has 22 heavy (non-hydrogen) atoms. The van der Waals surface area contributed by atoms with Gasteiger partial charge in [-0.05, 0) is 38.8 Å². The minimum atomic E-state index is -0.0650. The number of aryl methyl sites for hydroxylation is 2. The van der Waals surface area contributed by atoms with Crippen molar-refractivity contribution in [2.24, 2.45) is 0 Å². The first-order valence-electron chi connectivity index (χ1n) is 7.68. The lowest BCUT2D eigenvalue weighted by molar-refractivity contribution is -0.117. The lowest BCUT2D eigenvalue weighted by Gasteiger charge is -2.08.